The Balaban J connectivity index is 2.04. The predicted octanol–water partition coefficient (Wildman–Crippen LogP) is 4.07. The van der Waals surface area contributed by atoms with Gasteiger partial charge in [0.1, 0.15) is 10.8 Å². The molecule has 0 aromatic heterocycles. The number of ether oxygens (including phenoxy) is 1. The molecule has 2 aromatic carbocycles. The van der Waals surface area contributed by atoms with Gasteiger partial charge in [0.05, 0.1) is 12.0 Å². The molecule has 0 saturated heterocycles. The van der Waals surface area contributed by atoms with E-state index in [0.29, 0.717) is 17.0 Å². The second-order valence-corrected chi connectivity index (χ2v) is 4.90. The van der Waals surface area contributed by atoms with E-state index < -0.39 is 4.92 Å². The molecule has 7 heteroatoms. The summed E-state index contributed by atoms with van der Waals surface area (Å²) in [7, 11) is 1.55. The fourth-order valence-electron chi connectivity index (χ4n) is 1.81. The standard InChI is InChI=1S/C16H13ClN2O4/c1-23-13-5-2-11(3-6-13)16(20)8-9-18-12-4-7-14(17)15(10-12)19(21)22/h2-10,18H,1H3/b9-8+. The van der Waals surface area contributed by atoms with Crippen molar-refractivity contribution >= 4 is 28.8 Å². The van der Waals surface area contributed by atoms with Crippen molar-refractivity contribution in [2.75, 3.05) is 12.4 Å². The minimum atomic E-state index is -0.570. The number of hydrogen-bond acceptors (Lipinski definition) is 5. The number of nitrogens with zero attached hydrogens (tertiary/aromatic N) is 1. The molecule has 1 N–H and O–H groups in total. The normalized spacial score (nSPS) is 10.5. The average Bonchev–Trinajstić information content (AvgIpc) is 2.56. The maximum atomic E-state index is 12.0. The lowest BCUT2D eigenvalue weighted by molar-refractivity contribution is -0.384. The van der Waals surface area contributed by atoms with Crippen molar-refractivity contribution in [3.63, 3.8) is 0 Å². The van der Waals surface area contributed by atoms with Gasteiger partial charge in [0.25, 0.3) is 5.69 Å². The van der Waals surface area contributed by atoms with E-state index in [1.54, 1.807) is 37.4 Å². The van der Waals surface area contributed by atoms with Gasteiger partial charge in [0, 0.05) is 29.6 Å². The number of carbonyl (C=O) groups excluding carboxylic acids is 1. The molecule has 0 saturated carbocycles. The summed E-state index contributed by atoms with van der Waals surface area (Å²) in [5.41, 5.74) is 0.761. The molecule has 118 valence electrons. The summed E-state index contributed by atoms with van der Waals surface area (Å²) < 4.78 is 5.02. The molecule has 0 heterocycles. The summed E-state index contributed by atoms with van der Waals surface area (Å²) >= 11 is 5.73. The van der Waals surface area contributed by atoms with Gasteiger partial charge in [-0.05, 0) is 36.4 Å². The van der Waals surface area contributed by atoms with Gasteiger partial charge < -0.3 is 10.1 Å². The third kappa shape index (κ3) is 4.31. The van der Waals surface area contributed by atoms with E-state index >= 15 is 0 Å². The van der Waals surface area contributed by atoms with E-state index in [2.05, 4.69) is 5.32 Å². The molecule has 0 radical (unpaired) electrons. The van der Waals surface area contributed by atoms with Crippen LogP contribution < -0.4 is 10.1 Å². The van der Waals surface area contributed by atoms with Crippen molar-refractivity contribution in [3.8, 4) is 5.75 Å². The third-order valence-corrected chi connectivity index (χ3v) is 3.32. The van der Waals surface area contributed by atoms with Crippen LogP contribution in [0.15, 0.2) is 54.7 Å². The highest BCUT2D eigenvalue weighted by Crippen LogP contribution is 2.27. The fraction of sp³-hybridized carbons (Fsp3) is 0.0625. The number of hydrogen-bond donors (Lipinski definition) is 1. The number of benzene rings is 2. The first-order valence-electron chi connectivity index (χ1n) is 6.56. The molecular weight excluding hydrogens is 320 g/mol. The molecule has 2 rings (SSSR count). The number of allylic oxidation sites excluding steroid dienone is 1. The third-order valence-electron chi connectivity index (χ3n) is 3.00. The van der Waals surface area contributed by atoms with Gasteiger partial charge in [-0.1, -0.05) is 11.6 Å². The van der Waals surface area contributed by atoms with Gasteiger partial charge in [-0.25, -0.2) is 0 Å². The summed E-state index contributed by atoms with van der Waals surface area (Å²) in [4.78, 5) is 22.2. The zero-order chi connectivity index (χ0) is 16.8. The molecule has 0 bridgehead atoms. The van der Waals surface area contributed by atoms with E-state index in [4.69, 9.17) is 16.3 Å². The Bertz CT molecular complexity index is 757. The van der Waals surface area contributed by atoms with E-state index in [1.807, 2.05) is 0 Å². The van der Waals surface area contributed by atoms with Crippen molar-refractivity contribution < 1.29 is 14.5 Å². The zero-order valence-electron chi connectivity index (χ0n) is 12.2. The van der Waals surface area contributed by atoms with Crippen LogP contribution in [0.25, 0.3) is 0 Å². The Morgan fingerprint density at radius 3 is 2.57 bits per heavy atom. The maximum absolute atomic E-state index is 12.0. The van der Waals surface area contributed by atoms with Gasteiger partial charge in [-0.15, -0.1) is 0 Å². The number of anilines is 1. The molecule has 0 amide bonds. The SMILES string of the molecule is COc1ccc(C(=O)/C=C/Nc2ccc(Cl)c([N+](=O)[O-])c2)cc1. The zero-order valence-corrected chi connectivity index (χ0v) is 12.9. The van der Waals surface area contributed by atoms with Crippen LogP contribution in [0.3, 0.4) is 0 Å². The smallest absolute Gasteiger partial charge is 0.289 e. The predicted molar refractivity (Wildman–Crippen MR) is 88.2 cm³/mol. The first-order chi connectivity index (χ1) is 11.0. The molecule has 0 aliphatic rings. The number of nitro benzene ring substituents is 1. The second kappa shape index (κ2) is 7.42. The number of methoxy groups -OCH3 is 1. The van der Waals surface area contributed by atoms with Crippen LogP contribution in [-0.2, 0) is 0 Å². The molecule has 0 atom stereocenters. The Kier molecular flexibility index (Phi) is 5.32. The molecular formula is C16H13ClN2O4. The summed E-state index contributed by atoms with van der Waals surface area (Å²) in [6, 6.07) is 11.0. The van der Waals surface area contributed by atoms with Crippen molar-refractivity contribution in [2.45, 2.75) is 0 Å². The quantitative estimate of drug-likeness (QED) is 0.373. The monoisotopic (exact) mass is 332 g/mol. The van der Waals surface area contributed by atoms with E-state index in [-0.39, 0.29) is 16.5 Å². The average molecular weight is 333 g/mol. The second-order valence-electron chi connectivity index (χ2n) is 4.49. The number of rotatable bonds is 6. The summed E-state index contributed by atoms with van der Waals surface area (Å²) in [6.07, 6.45) is 2.75. The van der Waals surface area contributed by atoms with Gasteiger partial charge in [-0.2, -0.15) is 0 Å². The fourth-order valence-corrected chi connectivity index (χ4v) is 1.99. The van der Waals surface area contributed by atoms with Crippen LogP contribution in [0.2, 0.25) is 5.02 Å². The number of carbonyl (C=O) groups is 1. The minimum Gasteiger partial charge on any atom is -0.497 e. The Morgan fingerprint density at radius 2 is 1.96 bits per heavy atom. The van der Waals surface area contributed by atoms with Gasteiger partial charge in [0.2, 0.25) is 0 Å². The first kappa shape index (κ1) is 16.5. The highest BCUT2D eigenvalue weighted by Gasteiger charge is 2.12. The molecule has 2 aromatic rings. The van der Waals surface area contributed by atoms with Gasteiger partial charge >= 0.3 is 0 Å². The van der Waals surface area contributed by atoms with Crippen molar-refractivity contribution in [1.29, 1.82) is 0 Å². The van der Waals surface area contributed by atoms with E-state index in [1.165, 1.54) is 24.4 Å². The van der Waals surface area contributed by atoms with Crippen molar-refractivity contribution in [3.05, 3.63) is 75.4 Å². The Labute approximate surface area is 137 Å². The Hall–Kier alpha value is -2.86. The highest BCUT2D eigenvalue weighted by atomic mass is 35.5. The Morgan fingerprint density at radius 1 is 1.26 bits per heavy atom. The topological polar surface area (TPSA) is 81.5 Å². The number of nitro groups is 1. The molecule has 0 unspecified atom stereocenters. The lowest BCUT2D eigenvalue weighted by Crippen LogP contribution is -1.97. The largest absolute Gasteiger partial charge is 0.497 e. The molecule has 0 spiro atoms. The van der Waals surface area contributed by atoms with Crippen LogP contribution in [0.4, 0.5) is 11.4 Å². The van der Waals surface area contributed by atoms with Crippen LogP contribution in [0.1, 0.15) is 10.4 Å². The molecule has 0 aliphatic carbocycles. The molecule has 6 nitrogen and oxygen atoms in total. The maximum Gasteiger partial charge on any atom is 0.289 e. The van der Waals surface area contributed by atoms with Gasteiger partial charge in [0.15, 0.2) is 5.78 Å². The molecule has 0 aliphatic heterocycles. The summed E-state index contributed by atoms with van der Waals surface area (Å²) in [6.45, 7) is 0. The van der Waals surface area contributed by atoms with Crippen LogP contribution in [0, 0.1) is 10.1 Å². The number of nitrogens with one attached hydrogen (secondary N) is 1. The van der Waals surface area contributed by atoms with Crippen LogP contribution >= 0.6 is 11.6 Å². The molecule has 0 fully saturated rings. The lowest BCUT2D eigenvalue weighted by Gasteiger charge is -2.02. The number of halogens is 1. The summed E-state index contributed by atoms with van der Waals surface area (Å²) in [5.74, 6) is 0.459. The lowest BCUT2D eigenvalue weighted by atomic mass is 10.1. The number of ketones is 1. The van der Waals surface area contributed by atoms with Crippen LogP contribution in [-0.4, -0.2) is 17.8 Å². The first-order valence-corrected chi connectivity index (χ1v) is 6.94. The van der Waals surface area contributed by atoms with Crippen molar-refractivity contribution in [1.82, 2.24) is 0 Å². The minimum absolute atomic E-state index is 0.0545. The van der Waals surface area contributed by atoms with E-state index in [9.17, 15) is 14.9 Å². The highest BCUT2D eigenvalue weighted by molar-refractivity contribution is 6.32. The summed E-state index contributed by atoms with van der Waals surface area (Å²) in [5, 5.41) is 13.7. The van der Waals surface area contributed by atoms with Gasteiger partial charge in [-0.3, -0.25) is 14.9 Å². The van der Waals surface area contributed by atoms with Crippen molar-refractivity contribution in [2.24, 2.45) is 0 Å². The van der Waals surface area contributed by atoms with Crippen LogP contribution in [0.5, 0.6) is 5.75 Å². The molecule has 23 heavy (non-hydrogen) atoms. The van der Waals surface area contributed by atoms with E-state index in [0.717, 1.165) is 0 Å².